The molecule has 0 saturated carbocycles. The summed E-state index contributed by atoms with van der Waals surface area (Å²) in [5.74, 6) is -3.55. The third-order valence-electron chi connectivity index (χ3n) is 4.40. The lowest BCUT2D eigenvalue weighted by Gasteiger charge is -2.20. The van der Waals surface area contributed by atoms with Crippen molar-refractivity contribution in [3.05, 3.63) is 53.7 Å². The molecule has 1 aromatic heterocycles. The molecule has 0 aliphatic rings. The van der Waals surface area contributed by atoms with Gasteiger partial charge in [-0.15, -0.1) is 0 Å². The van der Waals surface area contributed by atoms with E-state index in [1.807, 2.05) is 13.8 Å². The first kappa shape index (κ1) is 19.5. The molecule has 1 heterocycles. The van der Waals surface area contributed by atoms with Crippen LogP contribution in [0.15, 0.2) is 36.4 Å². The lowest BCUT2D eigenvalue weighted by Crippen LogP contribution is -2.24. The van der Waals surface area contributed by atoms with Gasteiger partial charge in [-0.05, 0) is 48.1 Å². The van der Waals surface area contributed by atoms with Crippen LogP contribution in [0.3, 0.4) is 0 Å². The maximum Gasteiger partial charge on any atom is 0.344 e. The van der Waals surface area contributed by atoms with Crippen LogP contribution in [0.25, 0.3) is 21.9 Å². The maximum absolute atomic E-state index is 14.8. The van der Waals surface area contributed by atoms with E-state index in [0.717, 1.165) is 0 Å². The van der Waals surface area contributed by atoms with Gasteiger partial charge in [0.25, 0.3) is 0 Å². The summed E-state index contributed by atoms with van der Waals surface area (Å²) in [5, 5.41) is 19.2. The Labute approximate surface area is 160 Å². The summed E-state index contributed by atoms with van der Waals surface area (Å²) in [5.41, 5.74) is 1.72. The number of rotatable bonds is 5. The molecule has 2 aromatic carbocycles. The van der Waals surface area contributed by atoms with Crippen LogP contribution in [0.1, 0.15) is 32.4 Å². The Balaban J connectivity index is 2.40. The van der Waals surface area contributed by atoms with Crippen LogP contribution in [-0.4, -0.2) is 27.3 Å². The Morgan fingerprint density at radius 1 is 1.07 bits per heavy atom. The summed E-state index contributed by atoms with van der Waals surface area (Å²) >= 11 is 0. The van der Waals surface area contributed by atoms with E-state index in [4.69, 9.17) is 9.84 Å². The number of carboxylic acid groups (broad SMARTS) is 1. The van der Waals surface area contributed by atoms with Crippen LogP contribution in [-0.2, 0) is 4.79 Å². The standard InChI is InChI=1S/C21H19F2NO4/c1-10(2)19-16(12-4-6-13(22)7-5-12)14-8-9-15(25)18(23)17(14)20(24-19)28-11(3)21(26)27/h4-11,25H,1-3H3,(H,26,27). The van der Waals surface area contributed by atoms with Gasteiger partial charge in [-0.3, -0.25) is 0 Å². The zero-order valence-electron chi connectivity index (χ0n) is 15.5. The number of hydrogen-bond acceptors (Lipinski definition) is 4. The molecular weight excluding hydrogens is 368 g/mol. The van der Waals surface area contributed by atoms with Gasteiger partial charge < -0.3 is 14.9 Å². The molecule has 0 fully saturated rings. The number of aromatic nitrogens is 1. The first-order chi connectivity index (χ1) is 13.2. The van der Waals surface area contributed by atoms with E-state index in [0.29, 0.717) is 22.2 Å². The van der Waals surface area contributed by atoms with Crippen molar-refractivity contribution < 1.29 is 28.5 Å². The molecule has 0 aliphatic heterocycles. The number of ether oxygens (including phenoxy) is 1. The van der Waals surface area contributed by atoms with Gasteiger partial charge in [-0.1, -0.05) is 26.0 Å². The van der Waals surface area contributed by atoms with Crippen molar-refractivity contribution in [1.29, 1.82) is 0 Å². The van der Waals surface area contributed by atoms with Gasteiger partial charge in [0.15, 0.2) is 17.7 Å². The Hall–Kier alpha value is -3.22. The van der Waals surface area contributed by atoms with Crippen LogP contribution in [0.2, 0.25) is 0 Å². The molecular formula is C21H19F2NO4. The number of fused-ring (bicyclic) bond motifs is 1. The quantitative estimate of drug-likeness (QED) is 0.654. The zero-order valence-corrected chi connectivity index (χ0v) is 15.5. The number of phenols is 1. The summed E-state index contributed by atoms with van der Waals surface area (Å²) in [7, 11) is 0. The van der Waals surface area contributed by atoms with E-state index in [9.17, 15) is 18.7 Å². The molecule has 0 spiro atoms. The van der Waals surface area contributed by atoms with E-state index in [2.05, 4.69) is 4.98 Å². The average molecular weight is 387 g/mol. The Kier molecular flexibility index (Phi) is 5.18. The molecule has 0 bridgehead atoms. The molecule has 2 N–H and O–H groups in total. The highest BCUT2D eigenvalue weighted by Crippen LogP contribution is 2.41. The van der Waals surface area contributed by atoms with E-state index < -0.39 is 29.5 Å². The number of aromatic hydroxyl groups is 1. The van der Waals surface area contributed by atoms with Gasteiger partial charge in [0.2, 0.25) is 5.88 Å². The number of aliphatic carboxylic acids is 1. The molecule has 3 aromatic rings. The van der Waals surface area contributed by atoms with Crippen LogP contribution in [0.4, 0.5) is 8.78 Å². The fourth-order valence-corrected chi connectivity index (χ4v) is 2.98. The lowest BCUT2D eigenvalue weighted by atomic mass is 9.92. The van der Waals surface area contributed by atoms with E-state index in [1.165, 1.54) is 31.2 Å². The van der Waals surface area contributed by atoms with Gasteiger partial charge in [-0.2, -0.15) is 0 Å². The van der Waals surface area contributed by atoms with Gasteiger partial charge in [0.05, 0.1) is 11.1 Å². The second-order valence-electron chi connectivity index (χ2n) is 6.76. The van der Waals surface area contributed by atoms with Crippen molar-refractivity contribution in [2.45, 2.75) is 32.8 Å². The first-order valence-corrected chi connectivity index (χ1v) is 8.71. The molecule has 1 atom stereocenters. The highest BCUT2D eigenvalue weighted by Gasteiger charge is 2.25. The number of pyridine rings is 1. The second-order valence-corrected chi connectivity index (χ2v) is 6.76. The van der Waals surface area contributed by atoms with Gasteiger partial charge in [0.1, 0.15) is 5.82 Å². The van der Waals surface area contributed by atoms with Crippen molar-refractivity contribution in [1.82, 2.24) is 4.98 Å². The maximum atomic E-state index is 14.8. The summed E-state index contributed by atoms with van der Waals surface area (Å²) in [6, 6.07) is 8.42. The Morgan fingerprint density at radius 2 is 1.71 bits per heavy atom. The van der Waals surface area contributed by atoms with Crippen LogP contribution < -0.4 is 4.74 Å². The highest BCUT2D eigenvalue weighted by atomic mass is 19.1. The molecule has 28 heavy (non-hydrogen) atoms. The number of hydrogen-bond donors (Lipinski definition) is 2. The van der Waals surface area contributed by atoms with Crippen molar-refractivity contribution in [3.8, 4) is 22.8 Å². The summed E-state index contributed by atoms with van der Waals surface area (Å²) < 4.78 is 33.6. The fourth-order valence-electron chi connectivity index (χ4n) is 2.98. The van der Waals surface area contributed by atoms with E-state index in [-0.39, 0.29) is 17.2 Å². The van der Waals surface area contributed by atoms with Gasteiger partial charge >= 0.3 is 5.97 Å². The number of carboxylic acids is 1. The Morgan fingerprint density at radius 3 is 2.29 bits per heavy atom. The number of phenolic OH excluding ortho intramolecular Hbond substituents is 1. The molecule has 146 valence electrons. The minimum atomic E-state index is -1.27. The summed E-state index contributed by atoms with van der Waals surface area (Å²) in [6.45, 7) is 5.06. The molecule has 3 rings (SSSR count). The van der Waals surface area contributed by atoms with Crippen LogP contribution in [0.5, 0.6) is 11.6 Å². The minimum Gasteiger partial charge on any atom is -0.505 e. The molecule has 5 nitrogen and oxygen atoms in total. The monoisotopic (exact) mass is 387 g/mol. The van der Waals surface area contributed by atoms with Crippen molar-refractivity contribution in [3.63, 3.8) is 0 Å². The van der Waals surface area contributed by atoms with E-state index in [1.54, 1.807) is 12.1 Å². The minimum absolute atomic E-state index is 0.121. The topological polar surface area (TPSA) is 79.7 Å². The number of halogens is 2. The molecule has 0 saturated heterocycles. The highest BCUT2D eigenvalue weighted by molar-refractivity contribution is 6.01. The number of nitrogens with zero attached hydrogens (tertiary/aromatic N) is 1. The fraction of sp³-hybridized carbons (Fsp3) is 0.238. The number of benzene rings is 2. The Bertz CT molecular complexity index is 1050. The predicted octanol–water partition coefficient (Wildman–Crippen LogP) is 4.86. The molecule has 0 amide bonds. The zero-order chi connectivity index (χ0) is 20.6. The van der Waals surface area contributed by atoms with Crippen molar-refractivity contribution >= 4 is 16.7 Å². The van der Waals surface area contributed by atoms with Crippen LogP contribution >= 0.6 is 0 Å². The van der Waals surface area contributed by atoms with Crippen molar-refractivity contribution in [2.24, 2.45) is 0 Å². The SMILES string of the molecule is CC(Oc1nc(C(C)C)c(-c2ccc(F)cc2)c2ccc(O)c(F)c12)C(=O)O. The third kappa shape index (κ3) is 3.47. The summed E-state index contributed by atoms with van der Waals surface area (Å²) in [6.07, 6.45) is -1.27. The molecule has 0 aliphatic carbocycles. The van der Waals surface area contributed by atoms with Crippen LogP contribution in [0, 0.1) is 11.6 Å². The number of carbonyl (C=O) groups is 1. The summed E-state index contributed by atoms with van der Waals surface area (Å²) in [4.78, 5) is 15.6. The average Bonchev–Trinajstić information content (AvgIpc) is 2.64. The van der Waals surface area contributed by atoms with Gasteiger partial charge in [-0.25, -0.2) is 18.6 Å². The molecule has 1 unspecified atom stereocenters. The largest absolute Gasteiger partial charge is 0.505 e. The first-order valence-electron chi connectivity index (χ1n) is 8.71. The third-order valence-corrected chi connectivity index (χ3v) is 4.40. The normalized spacial score (nSPS) is 12.4. The lowest BCUT2D eigenvalue weighted by molar-refractivity contribution is -0.144. The van der Waals surface area contributed by atoms with Crippen molar-refractivity contribution in [2.75, 3.05) is 0 Å². The second kappa shape index (κ2) is 7.42. The molecule has 7 heteroatoms. The predicted molar refractivity (Wildman–Crippen MR) is 101 cm³/mol. The van der Waals surface area contributed by atoms with E-state index >= 15 is 0 Å². The smallest absolute Gasteiger partial charge is 0.344 e. The van der Waals surface area contributed by atoms with Gasteiger partial charge in [0, 0.05) is 5.56 Å². The molecule has 0 radical (unpaired) electrons.